The molecule has 1 saturated carbocycles. The summed E-state index contributed by atoms with van der Waals surface area (Å²) in [6.07, 6.45) is 5.33. The van der Waals surface area contributed by atoms with E-state index in [-0.39, 0.29) is 18.3 Å². The molecule has 1 atom stereocenters. The normalized spacial score (nSPS) is 28.7. The smallest absolute Gasteiger partial charge is 0.220 e. The largest absolute Gasteiger partial charge is 0.353 e. The maximum Gasteiger partial charge on any atom is 0.220 e. The molecule has 0 aromatic heterocycles. The van der Waals surface area contributed by atoms with Gasteiger partial charge in [-0.2, -0.15) is 0 Å². The summed E-state index contributed by atoms with van der Waals surface area (Å²) in [4.78, 5) is 12.2. The summed E-state index contributed by atoms with van der Waals surface area (Å²) in [6, 6.07) is 0.362. The molecule has 0 aromatic carbocycles. The average Bonchev–Trinajstić information content (AvgIpc) is 2.63. The van der Waals surface area contributed by atoms with Crippen LogP contribution in [0.5, 0.6) is 0 Å². The summed E-state index contributed by atoms with van der Waals surface area (Å²) in [5.74, 6) is 0.803. The zero-order chi connectivity index (χ0) is 14.1. The van der Waals surface area contributed by atoms with E-state index in [0.29, 0.717) is 29.2 Å². The minimum Gasteiger partial charge on any atom is -0.353 e. The Hall–Kier alpha value is -0.280. The third-order valence-corrected chi connectivity index (χ3v) is 4.56. The van der Waals surface area contributed by atoms with Crippen molar-refractivity contribution in [2.75, 3.05) is 13.1 Å². The van der Waals surface area contributed by atoms with Gasteiger partial charge in [0.05, 0.1) is 0 Å². The van der Waals surface area contributed by atoms with E-state index in [1.54, 1.807) is 0 Å². The molecule has 0 aromatic rings. The average molecular weight is 303 g/mol. The summed E-state index contributed by atoms with van der Waals surface area (Å²) in [6.45, 7) is 11.4. The highest BCUT2D eigenvalue weighted by atomic mass is 35.5. The van der Waals surface area contributed by atoms with Gasteiger partial charge in [0, 0.05) is 12.5 Å². The van der Waals surface area contributed by atoms with Crippen LogP contribution in [0.3, 0.4) is 0 Å². The number of hydrogen-bond acceptors (Lipinski definition) is 2. The van der Waals surface area contributed by atoms with Crippen LogP contribution in [-0.2, 0) is 4.79 Å². The molecule has 2 N–H and O–H groups in total. The summed E-state index contributed by atoms with van der Waals surface area (Å²) in [5, 5.41) is 6.62. The zero-order valence-electron chi connectivity index (χ0n) is 13.4. The van der Waals surface area contributed by atoms with Crippen LogP contribution in [0.1, 0.15) is 59.8 Å². The zero-order valence-corrected chi connectivity index (χ0v) is 14.2. The molecule has 0 bridgehead atoms. The van der Waals surface area contributed by atoms with Crippen molar-refractivity contribution in [1.82, 2.24) is 10.6 Å². The molecule has 0 radical (unpaired) electrons. The fraction of sp³-hybridized carbons (Fsp3) is 0.938. The maximum atomic E-state index is 12.2. The monoisotopic (exact) mass is 302 g/mol. The van der Waals surface area contributed by atoms with Crippen molar-refractivity contribution in [3.63, 3.8) is 0 Å². The molecule has 1 aliphatic heterocycles. The topological polar surface area (TPSA) is 41.1 Å². The van der Waals surface area contributed by atoms with Crippen LogP contribution in [0.25, 0.3) is 0 Å². The van der Waals surface area contributed by atoms with Gasteiger partial charge in [-0.25, -0.2) is 0 Å². The van der Waals surface area contributed by atoms with E-state index in [0.717, 1.165) is 32.4 Å². The Balaban J connectivity index is 0.00000200. The van der Waals surface area contributed by atoms with Crippen LogP contribution in [-0.4, -0.2) is 25.0 Å². The molecule has 0 spiro atoms. The fourth-order valence-electron chi connectivity index (χ4n) is 4.39. The second-order valence-corrected chi connectivity index (χ2v) is 8.24. The number of rotatable bonds is 3. The second kappa shape index (κ2) is 6.65. The van der Waals surface area contributed by atoms with Gasteiger partial charge in [0.15, 0.2) is 0 Å². The van der Waals surface area contributed by atoms with E-state index in [4.69, 9.17) is 0 Å². The summed E-state index contributed by atoms with van der Waals surface area (Å²) in [7, 11) is 0. The van der Waals surface area contributed by atoms with E-state index in [2.05, 4.69) is 38.3 Å². The van der Waals surface area contributed by atoms with Crippen LogP contribution in [0.15, 0.2) is 0 Å². The van der Waals surface area contributed by atoms with Crippen molar-refractivity contribution in [2.45, 2.75) is 65.8 Å². The van der Waals surface area contributed by atoms with Crippen molar-refractivity contribution >= 4 is 18.3 Å². The van der Waals surface area contributed by atoms with Crippen molar-refractivity contribution in [1.29, 1.82) is 0 Å². The molecule has 2 fully saturated rings. The number of carbonyl (C=O) groups is 1. The van der Waals surface area contributed by atoms with Crippen LogP contribution < -0.4 is 10.6 Å². The van der Waals surface area contributed by atoms with Crippen LogP contribution in [0.2, 0.25) is 0 Å². The van der Waals surface area contributed by atoms with Gasteiger partial charge in [-0.05, 0) is 55.5 Å². The molecule has 1 aliphatic carbocycles. The number of carbonyl (C=O) groups excluding carboxylic acids is 1. The number of amides is 1. The predicted molar refractivity (Wildman–Crippen MR) is 86.2 cm³/mol. The van der Waals surface area contributed by atoms with Gasteiger partial charge < -0.3 is 10.6 Å². The molecule has 1 unspecified atom stereocenters. The fourth-order valence-corrected chi connectivity index (χ4v) is 4.39. The Labute approximate surface area is 130 Å². The lowest BCUT2D eigenvalue weighted by molar-refractivity contribution is -0.123. The van der Waals surface area contributed by atoms with E-state index in [9.17, 15) is 4.79 Å². The highest BCUT2D eigenvalue weighted by Gasteiger charge is 2.38. The molecule has 2 rings (SSSR count). The molecular formula is C16H31ClN2O. The SMILES string of the molecule is CC1(C)CC(NC(=O)CC2CCNC2)CC(C)(C)C1.Cl. The number of halogens is 1. The first-order chi connectivity index (χ1) is 8.76. The number of hydrogen-bond donors (Lipinski definition) is 2. The summed E-state index contributed by atoms with van der Waals surface area (Å²) < 4.78 is 0. The Morgan fingerprint density at radius 3 is 2.30 bits per heavy atom. The Kier molecular flexibility index (Phi) is 5.91. The molecule has 3 nitrogen and oxygen atoms in total. The highest BCUT2D eigenvalue weighted by molar-refractivity contribution is 5.85. The van der Waals surface area contributed by atoms with Crippen LogP contribution >= 0.6 is 12.4 Å². The lowest BCUT2D eigenvalue weighted by Gasteiger charge is -2.45. The molecule has 2 aliphatic rings. The molecule has 118 valence electrons. The third kappa shape index (κ3) is 5.25. The quantitative estimate of drug-likeness (QED) is 0.841. The molecule has 4 heteroatoms. The van der Waals surface area contributed by atoms with Gasteiger partial charge >= 0.3 is 0 Å². The van der Waals surface area contributed by atoms with Gasteiger partial charge in [0.2, 0.25) is 5.91 Å². The standard InChI is InChI=1S/C16H30N2O.ClH/c1-15(2)8-13(9-16(3,4)11-15)18-14(19)7-12-5-6-17-10-12;/h12-13,17H,5-11H2,1-4H3,(H,18,19);1H. The minimum atomic E-state index is 0. The summed E-state index contributed by atoms with van der Waals surface area (Å²) in [5.41, 5.74) is 0.684. The van der Waals surface area contributed by atoms with Crippen molar-refractivity contribution in [3.8, 4) is 0 Å². The third-order valence-electron chi connectivity index (χ3n) is 4.56. The Morgan fingerprint density at radius 1 is 1.20 bits per heavy atom. The van der Waals surface area contributed by atoms with Gasteiger partial charge in [-0.15, -0.1) is 12.4 Å². The Morgan fingerprint density at radius 2 is 1.80 bits per heavy atom. The van der Waals surface area contributed by atoms with Crippen molar-refractivity contribution in [2.24, 2.45) is 16.7 Å². The maximum absolute atomic E-state index is 12.2. The first-order valence-corrected chi connectivity index (χ1v) is 7.76. The minimum absolute atomic E-state index is 0. The first-order valence-electron chi connectivity index (χ1n) is 7.76. The summed E-state index contributed by atoms with van der Waals surface area (Å²) >= 11 is 0. The number of nitrogens with one attached hydrogen (secondary N) is 2. The lowest BCUT2D eigenvalue weighted by atomic mass is 9.63. The molecule has 20 heavy (non-hydrogen) atoms. The molecule has 1 amide bonds. The van der Waals surface area contributed by atoms with Gasteiger partial charge in [0.1, 0.15) is 0 Å². The van der Waals surface area contributed by atoms with E-state index < -0.39 is 0 Å². The van der Waals surface area contributed by atoms with Crippen molar-refractivity contribution < 1.29 is 4.79 Å². The van der Waals surface area contributed by atoms with E-state index >= 15 is 0 Å². The predicted octanol–water partition coefficient (Wildman–Crippen LogP) is 3.13. The van der Waals surface area contributed by atoms with Gasteiger partial charge in [0.25, 0.3) is 0 Å². The lowest BCUT2D eigenvalue weighted by Crippen LogP contribution is -2.46. The van der Waals surface area contributed by atoms with Crippen molar-refractivity contribution in [3.05, 3.63) is 0 Å². The Bertz CT molecular complexity index is 319. The first kappa shape index (κ1) is 17.8. The van der Waals surface area contributed by atoms with Gasteiger partial charge in [-0.1, -0.05) is 27.7 Å². The van der Waals surface area contributed by atoms with E-state index in [1.165, 1.54) is 6.42 Å². The van der Waals surface area contributed by atoms with E-state index in [1.807, 2.05) is 0 Å². The second-order valence-electron chi connectivity index (χ2n) is 8.24. The van der Waals surface area contributed by atoms with Crippen LogP contribution in [0.4, 0.5) is 0 Å². The van der Waals surface area contributed by atoms with Crippen LogP contribution in [0, 0.1) is 16.7 Å². The molecule has 1 saturated heterocycles. The molecule has 1 heterocycles. The van der Waals surface area contributed by atoms with Gasteiger partial charge in [-0.3, -0.25) is 4.79 Å². The highest BCUT2D eigenvalue weighted by Crippen LogP contribution is 2.45. The molecular weight excluding hydrogens is 272 g/mol.